The second kappa shape index (κ2) is 33.1. The van der Waals surface area contributed by atoms with Crippen LogP contribution in [0.4, 0.5) is 0 Å². The summed E-state index contributed by atoms with van der Waals surface area (Å²) in [4.78, 5) is 0. The van der Waals surface area contributed by atoms with Crippen molar-refractivity contribution in [1.82, 2.24) is 0 Å². The third kappa shape index (κ3) is 13.5. The van der Waals surface area contributed by atoms with E-state index in [1.165, 1.54) is 174 Å². The highest BCUT2D eigenvalue weighted by atomic mass is 14.3. The molecule has 0 bridgehead atoms. The van der Waals surface area contributed by atoms with Gasteiger partial charge in [0, 0.05) is 0 Å². The largest absolute Gasteiger partial charge is 0.0616 e. The third-order valence-corrected chi connectivity index (χ3v) is 29.3. The summed E-state index contributed by atoms with van der Waals surface area (Å²) in [7, 11) is 0. The Morgan fingerprint density at radius 1 is 0.0797 bits per heavy atom. The van der Waals surface area contributed by atoms with Crippen molar-refractivity contribution < 1.29 is 0 Å². The van der Waals surface area contributed by atoms with Gasteiger partial charge in [-0.05, 0) is 358 Å². The summed E-state index contributed by atoms with van der Waals surface area (Å²) in [5.74, 6) is 0. The molecule has 27 aromatic carbocycles. The molecule has 0 aliphatic heterocycles. The Balaban J connectivity index is 0.759. The van der Waals surface area contributed by atoms with Gasteiger partial charge in [0.1, 0.15) is 0 Å². The first-order valence-corrected chi connectivity index (χ1v) is 48.0. The van der Waals surface area contributed by atoms with Crippen LogP contribution in [0.1, 0.15) is 0 Å². The summed E-state index contributed by atoms with van der Waals surface area (Å²) in [6, 6.07) is 198. The van der Waals surface area contributed by atoms with Gasteiger partial charge in [-0.25, -0.2) is 0 Å². The molecule has 0 nitrogen and oxygen atoms in total. The molecular weight excluding hydrogens is 1660 g/mol. The quantitative estimate of drug-likeness (QED) is 0.0952. The highest BCUT2D eigenvalue weighted by Gasteiger charge is 2.27. The Bertz CT molecular complexity index is 8960. The van der Waals surface area contributed by atoms with Crippen molar-refractivity contribution in [3.8, 4) is 156 Å². The van der Waals surface area contributed by atoms with Crippen molar-refractivity contribution in [3.63, 3.8) is 0 Å². The summed E-state index contributed by atoms with van der Waals surface area (Å²) in [5.41, 5.74) is 32.3. The number of benzene rings is 27. The smallest absolute Gasteiger partial charge is 0.00204 e. The van der Waals surface area contributed by atoms with E-state index in [1.54, 1.807) is 0 Å². The SMILES string of the molecule is c1ccc2c(-c3cc(-c4cc(-c5cc(-c6cccc7ccccc67)cc(-c6cccc7ccccc67)c5)cc(-c5c6ccccc6c(-c6cc(-c7ccc(-c8cccc9ccccc89)c8cccc(-c9cccc%10ccccc9%10)c78)cc(-c7ccc(-c8cccc9ccccc89)c8cccc(-c9cccc%10ccccc9%10)c78)c6)c6ccccc56)c4)cc(-c4cccc5ccccc45)c3)cccc2c1. The van der Waals surface area contributed by atoms with E-state index in [0.29, 0.717) is 0 Å². The second-order valence-corrected chi connectivity index (χ2v) is 37.0. The topological polar surface area (TPSA) is 0 Å². The van der Waals surface area contributed by atoms with Crippen LogP contribution >= 0.6 is 0 Å². The van der Waals surface area contributed by atoms with Crippen LogP contribution in [0.2, 0.25) is 0 Å². The van der Waals surface area contributed by atoms with Crippen LogP contribution in [0, 0.1) is 0 Å². The normalized spacial score (nSPS) is 11.8. The van der Waals surface area contributed by atoms with Crippen LogP contribution in [-0.4, -0.2) is 0 Å². The Hall–Kier alpha value is -17.9. The molecule has 0 unspecified atom stereocenters. The number of rotatable bonds is 14. The van der Waals surface area contributed by atoms with E-state index in [4.69, 9.17) is 0 Å². The monoisotopic (exact) mass is 1740 g/mol. The number of hydrogen-bond acceptors (Lipinski definition) is 0. The van der Waals surface area contributed by atoms with Crippen molar-refractivity contribution in [1.29, 1.82) is 0 Å². The molecule has 0 aliphatic carbocycles. The molecule has 0 aromatic heterocycles. The molecule has 0 aliphatic rings. The molecule has 0 saturated heterocycles. The molecule has 0 amide bonds. The minimum Gasteiger partial charge on any atom is -0.0616 e. The molecule has 0 atom stereocenters. The standard InChI is InChI=1S/C138H86/c1-9-47-107-87(31-1)39-21-59-115(107)99-76-97(77-100(82-99)116-60-22-40-88-32-2-10-48-108(88)116)95-75-96(98-78-101(117-61-23-41-89-33-3-11-49-109(89)117)83-102(79-98)118-62-24-42-90-34-4-12-50-110(90)118)81-105(80-95)135-131-55-17-19-57-133(131)136(134-58-20-18-56-132(134)135)106-85-103(119-71-73-125(121-63-25-43-91-35-5-13-51-111(91)121)129-69-29-67-127(137(119)129)123-65-27-45-93-37-7-15-53-113(93)123)84-104(86-106)120-72-74-126(122-64-26-44-92-36-6-14-52-112(92)122)130-70-30-68-128(138(120)130)124-66-28-46-94-38-8-16-54-114(94)124/h1-86H. The van der Waals surface area contributed by atoms with Crippen molar-refractivity contribution in [2.75, 3.05) is 0 Å². The molecule has 0 heterocycles. The van der Waals surface area contributed by atoms with Gasteiger partial charge in [-0.3, -0.25) is 0 Å². The van der Waals surface area contributed by atoms with Gasteiger partial charge in [0.15, 0.2) is 0 Å². The molecule has 0 spiro atoms. The fourth-order valence-electron chi connectivity index (χ4n) is 23.1. The Kier molecular flexibility index (Phi) is 19.1. The molecule has 138 heavy (non-hydrogen) atoms. The van der Waals surface area contributed by atoms with Gasteiger partial charge >= 0.3 is 0 Å². The molecule has 0 N–H and O–H groups in total. The average molecular weight is 1740 g/mol. The van der Waals surface area contributed by atoms with Crippen molar-refractivity contribution in [2.45, 2.75) is 0 Å². The minimum atomic E-state index is 1.10. The summed E-state index contributed by atoms with van der Waals surface area (Å²) in [6.07, 6.45) is 0. The van der Waals surface area contributed by atoms with Gasteiger partial charge in [-0.15, -0.1) is 0 Å². The van der Waals surface area contributed by atoms with Crippen LogP contribution in [0.25, 0.3) is 285 Å². The maximum atomic E-state index is 2.55. The summed E-state index contributed by atoms with van der Waals surface area (Å²) in [6.45, 7) is 0. The van der Waals surface area contributed by atoms with E-state index < -0.39 is 0 Å². The maximum Gasteiger partial charge on any atom is -0.00204 e. The molecule has 0 saturated carbocycles. The molecule has 0 radical (unpaired) electrons. The zero-order chi connectivity index (χ0) is 90.8. The lowest BCUT2D eigenvalue weighted by Crippen LogP contribution is -1.96. The Labute approximate surface area is 800 Å². The highest BCUT2D eigenvalue weighted by Crippen LogP contribution is 2.54. The van der Waals surface area contributed by atoms with Crippen molar-refractivity contribution in [2.24, 2.45) is 0 Å². The van der Waals surface area contributed by atoms with E-state index in [1.807, 2.05) is 0 Å². The van der Waals surface area contributed by atoms with Gasteiger partial charge in [-0.1, -0.05) is 449 Å². The van der Waals surface area contributed by atoms with E-state index >= 15 is 0 Å². The van der Waals surface area contributed by atoms with Crippen LogP contribution in [0.3, 0.4) is 0 Å². The van der Waals surface area contributed by atoms with Gasteiger partial charge in [-0.2, -0.15) is 0 Å². The minimum absolute atomic E-state index is 1.10. The summed E-state index contributed by atoms with van der Waals surface area (Å²) < 4.78 is 0. The third-order valence-electron chi connectivity index (χ3n) is 29.3. The van der Waals surface area contributed by atoms with Crippen LogP contribution in [-0.2, 0) is 0 Å². The summed E-state index contributed by atoms with van der Waals surface area (Å²) in [5, 5.41) is 28.6. The summed E-state index contributed by atoms with van der Waals surface area (Å²) >= 11 is 0. The van der Waals surface area contributed by atoms with E-state index in [9.17, 15) is 0 Å². The van der Waals surface area contributed by atoms with E-state index in [0.717, 1.165) is 111 Å². The number of hydrogen-bond donors (Lipinski definition) is 0. The van der Waals surface area contributed by atoms with Gasteiger partial charge in [0.05, 0.1) is 0 Å². The first kappa shape index (κ1) is 79.8. The fourth-order valence-corrected chi connectivity index (χ4v) is 23.1. The lowest BCUT2D eigenvalue weighted by atomic mass is 9.81. The maximum absolute atomic E-state index is 2.55. The van der Waals surface area contributed by atoms with Crippen LogP contribution < -0.4 is 0 Å². The van der Waals surface area contributed by atoms with Crippen LogP contribution in [0.5, 0.6) is 0 Å². The fraction of sp³-hybridized carbons (Fsp3) is 0. The van der Waals surface area contributed by atoms with Gasteiger partial charge in [0.2, 0.25) is 0 Å². The highest BCUT2D eigenvalue weighted by molar-refractivity contribution is 6.25. The zero-order valence-corrected chi connectivity index (χ0v) is 75.7. The predicted octanol–water partition coefficient (Wildman–Crippen LogP) is 38.9. The molecule has 638 valence electrons. The Morgan fingerprint density at radius 2 is 0.225 bits per heavy atom. The lowest BCUT2D eigenvalue weighted by Gasteiger charge is -2.22. The van der Waals surface area contributed by atoms with Crippen molar-refractivity contribution >= 4 is 129 Å². The van der Waals surface area contributed by atoms with Crippen molar-refractivity contribution in [3.05, 3.63) is 522 Å². The first-order chi connectivity index (χ1) is 68.4. The first-order valence-electron chi connectivity index (χ1n) is 48.0. The van der Waals surface area contributed by atoms with Crippen LogP contribution in [0.15, 0.2) is 522 Å². The predicted molar refractivity (Wildman–Crippen MR) is 593 cm³/mol. The van der Waals surface area contributed by atoms with Gasteiger partial charge in [0.25, 0.3) is 0 Å². The molecule has 27 rings (SSSR count). The van der Waals surface area contributed by atoms with E-state index in [2.05, 4.69) is 522 Å². The Morgan fingerprint density at radius 3 is 0.486 bits per heavy atom. The zero-order valence-electron chi connectivity index (χ0n) is 75.7. The molecular formula is C138H86. The molecule has 0 heteroatoms. The lowest BCUT2D eigenvalue weighted by molar-refractivity contribution is 1.56. The average Bonchev–Trinajstić information content (AvgIpc) is 0.718. The number of fused-ring (bicyclic) bond motifs is 12. The molecule has 0 fully saturated rings. The second-order valence-electron chi connectivity index (χ2n) is 37.0. The molecule has 27 aromatic rings. The van der Waals surface area contributed by atoms with E-state index in [-0.39, 0.29) is 0 Å². The van der Waals surface area contributed by atoms with Gasteiger partial charge < -0.3 is 0 Å².